The average Bonchev–Trinajstić information content (AvgIpc) is 3.15. The normalized spacial score (nSPS) is 15.0. The van der Waals surface area contributed by atoms with Crippen LogP contribution in [0.2, 0.25) is 0 Å². The lowest BCUT2D eigenvalue weighted by atomic mass is 9.95. The van der Waals surface area contributed by atoms with Crippen molar-refractivity contribution in [3.8, 4) is 6.07 Å². The molecule has 2 aromatic heterocycles. The summed E-state index contributed by atoms with van der Waals surface area (Å²) in [5.74, 6) is 0.801. The molecule has 1 aliphatic carbocycles. The van der Waals surface area contributed by atoms with E-state index in [4.69, 9.17) is 0 Å². The molecule has 0 spiro atoms. The van der Waals surface area contributed by atoms with E-state index in [9.17, 15) is 10.1 Å². The summed E-state index contributed by atoms with van der Waals surface area (Å²) in [5, 5.41) is 21.5. The van der Waals surface area contributed by atoms with Crippen molar-refractivity contribution in [2.24, 2.45) is 0 Å². The zero-order chi connectivity index (χ0) is 18.7. The minimum Gasteiger partial charge on any atom is -0.327 e. The highest BCUT2D eigenvalue weighted by atomic mass is 32.2. The fraction of sp³-hybridized carbons (Fsp3) is 0.556. The lowest BCUT2D eigenvalue weighted by Gasteiger charge is -2.27. The monoisotopic (exact) mass is 389 g/mol. The molecule has 2 aromatic rings. The lowest BCUT2D eigenvalue weighted by molar-refractivity contribution is -0.113. The van der Waals surface area contributed by atoms with Crippen LogP contribution >= 0.6 is 23.1 Å². The van der Waals surface area contributed by atoms with Crippen molar-refractivity contribution in [2.75, 3.05) is 11.1 Å². The Hall–Kier alpha value is -1.85. The second-order valence-corrected chi connectivity index (χ2v) is 9.04. The van der Waals surface area contributed by atoms with E-state index in [1.807, 2.05) is 20.8 Å². The van der Waals surface area contributed by atoms with E-state index in [0.717, 1.165) is 33.4 Å². The summed E-state index contributed by atoms with van der Waals surface area (Å²) in [7, 11) is 0. The molecule has 1 aliphatic rings. The van der Waals surface area contributed by atoms with Crippen LogP contribution in [0.15, 0.2) is 4.34 Å². The molecule has 0 radical (unpaired) electrons. The molecule has 1 N–H and O–H groups in total. The van der Waals surface area contributed by atoms with Gasteiger partial charge in [-0.2, -0.15) is 5.26 Å². The van der Waals surface area contributed by atoms with Crippen LogP contribution < -0.4 is 5.32 Å². The number of hydrogen-bond donors (Lipinski definition) is 1. The molecule has 6 nitrogen and oxygen atoms in total. The van der Waals surface area contributed by atoms with Crippen molar-refractivity contribution in [3.63, 3.8) is 0 Å². The molecule has 0 aromatic carbocycles. The molecule has 0 saturated heterocycles. The molecule has 0 atom stereocenters. The molecule has 1 amide bonds. The van der Waals surface area contributed by atoms with Crippen molar-refractivity contribution in [2.45, 2.75) is 63.3 Å². The molecule has 1 saturated carbocycles. The summed E-state index contributed by atoms with van der Waals surface area (Å²) in [6, 6.07) is 2.64. The first kappa shape index (κ1) is 18.9. The van der Waals surface area contributed by atoms with E-state index in [2.05, 4.69) is 26.2 Å². The first-order valence-corrected chi connectivity index (χ1v) is 10.7. The number of carbonyl (C=O) groups excluding carboxylic acids is 1. The Labute approximate surface area is 162 Å². The third kappa shape index (κ3) is 3.94. The van der Waals surface area contributed by atoms with Crippen molar-refractivity contribution in [1.29, 1.82) is 5.26 Å². The number of hydrogen-bond acceptors (Lipinski definition) is 6. The summed E-state index contributed by atoms with van der Waals surface area (Å²) in [4.78, 5) is 12.5. The number of nitrogens with zero attached hydrogens (tertiary/aromatic N) is 4. The largest absolute Gasteiger partial charge is 0.327 e. The second kappa shape index (κ2) is 8.23. The number of nitriles is 1. The van der Waals surface area contributed by atoms with Crippen LogP contribution in [-0.4, -0.2) is 26.4 Å². The summed E-state index contributed by atoms with van der Waals surface area (Å²) >= 11 is 2.85. The van der Waals surface area contributed by atoms with Crippen molar-refractivity contribution in [1.82, 2.24) is 14.8 Å². The zero-order valence-corrected chi connectivity index (χ0v) is 17.0. The smallest absolute Gasteiger partial charge is 0.235 e. The Morgan fingerprint density at radius 3 is 2.65 bits per heavy atom. The molecule has 2 heterocycles. The Kier molecular flexibility index (Phi) is 5.99. The second-order valence-electron chi connectivity index (χ2n) is 6.63. The molecular weight excluding hydrogens is 366 g/mol. The van der Waals surface area contributed by atoms with E-state index in [0.29, 0.717) is 17.4 Å². The maximum Gasteiger partial charge on any atom is 0.235 e. The van der Waals surface area contributed by atoms with E-state index in [1.54, 1.807) is 0 Å². The van der Waals surface area contributed by atoms with Gasteiger partial charge in [-0.15, -0.1) is 10.2 Å². The highest BCUT2D eigenvalue weighted by Crippen LogP contribution is 2.36. The quantitative estimate of drug-likeness (QED) is 0.768. The van der Waals surface area contributed by atoms with Gasteiger partial charge in [0.1, 0.15) is 16.9 Å². The topological polar surface area (TPSA) is 83.6 Å². The van der Waals surface area contributed by atoms with Gasteiger partial charge in [0.25, 0.3) is 0 Å². The van der Waals surface area contributed by atoms with Crippen LogP contribution in [0.5, 0.6) is 0 Å². The van der Waals surface area contributed by atoms with Gasteiger partial charge in [-0.1, -0.05) is 42.4 Å². The van der Waals surface area contributed by atoms with Gasteiger partial charge < -0.3 is 9.88 Å². The highest BCUT2D eigenvalue weighted by Gasteiger charge is 2.25. The molecule has 1 fully saturated rings. The molecular formula is C18H23N5OS2. The lowest BCUT2D eigenvalue weighted by Crippen LogP contribution is -2.21. The van der Waals surface area contributed by atoms with Crippen LogP contribution in [-0.2, 0) is 4.79 Å². The fourth-order valence-electron chi connectivity index (χ4n) is 3.51. The minimum atomic E-state index is -0.117. The van der Waals surface area contributed by atoms with Crippen LogP contribution in [0.25, 0.3) is 0 Å². The predicted octanol–water partition coefficient (Wildman–Crippen LogP) is 4.37. The van der Waals surface area contributed by atoms with Gasteiger partial charge >= 0.3 is 0 Å². The first-order chi connectivity index (χ1) is 12.5. The molecule has 0 aliphatic heterocycles. The SMILES string of the molecule is Cc1nnc(SCC(=O)Nc2c(C#N)c(C)c(C)n2C2CCCCC2)s1. The maximum atomic E-state index is 12.5. The van der Waals surface area contributed by atoms with E-state index in [1.165, 1.54) is 42.4 Å². The van der Waals surface area contributed by atoms with Crippen molar-refractivity contribution in [3.05, 3.63) is 21.8 Å². The summed E-state index contributed by atoms with van der Waals surface area (Å²) < 4.78 is 2.97. The Bertz CT molecular complexity index is 843. The van der Waals surface area contributed by atoms with E-state index in [-0.39, 0.29) is 11.7 Å². The molecule has 26 heavy (non-hydrogen) atoms. The number of aromatic nitrogens is 3. The Morgan fingerprint density at radius 1 is 1.31 bits per heavy atom. The Morgan fingerprint density at radius 2 is 2.04 bits per heavy atom. The molecule has 0 bridgehead atoms. The number of rotatable bonds is 5. The molecule has 8 heteroatoms. The summed E-state index contributed by atoms with van der Waals surface area (Å²) in [6.45, 7) is 5.89. The molecule has 3 rings (SSSR count). The van der Waals surface area contributed by atoms with Crippen molar-refractivity contribution >= 4 is 34.8 Å². The third-order valence-electron chi connectivity index (χ3n) is 4.90. The average molecular weight is 390 g/mol. The van der Waals surface area contributed by atoms with Crippen LogP contribution in [0.4, 0.5) is 5.82 Å². The zero-order valence-electron chi connectivity index (χ0n) is 15.3. The number of amides is 1. The number of aryl methyl sites for hydroxylation is 1. The Balaban J connectivity index is 1.80. The minimum absolute atomic E-state index is 0.117. The summed E-state index contributed by atoms with van der Waals surface area (Å²) in [5.41, 5.74) is 2.62. The number of anilines is 1. The standard InChI is InChI=1S/C18H23N5OS2/c1-11-12(2)23(14-7-5-4-6-8-14)17(15(11)9-19)20-16(24)10-25-18-22-21-13(3)26-18/h14H,4-8,10H2,1-3H3,(H,20,24). The van der Waals surface area contributed by atoms with Gasteiger partial charge in [-0.05, 0) is 39.2 Å². The van der Waals surface area contributed by atoms with Gasteiger partial charge in [0, 0.05) is 11.7 Å². The van der Waals surface area contributed by atoms with Crippen LogP contribution in [0.1, 0.15) is 60.0 Å². The molecule has 138 valence electrons. The number of nitrogens with one attached hydrogen (secondary N) is 1. The van der Waals surface area contributed by atoms with Gasteiger partial charge in [-0.3, -0.25) is 4.79 Å². The van der Waals surface area contributed by atoms with Crippen molar-refractivity contribution < 1.29 is 4.79 Å². The predicted molar refractivity (Wildman–Crippen MR) is 105 cm³/mol. The van der Waals surface area contributed by atoms with Gasteiger partial charge in [0.2, 0.25) is 5.91 Å². The van der Waals surface area contributed by atoms with Gasteiger partial charge in [-0.25, -0.2) is 0 Å². The van der Waals surface area contributed by atoms with Gasteiger partial charge in [0.15, 0.2) is 4.34 Å². The summed E-state index contributed by atoms with van der Waals surface area (Å²) in [6.07, 6.45) is 5.86. The third-order valence-corrected chi connectivity index (χ3v) is 6.87. The first-order valence-electron chi connectivity index (χ1n) is 8.85. The maximum absolute atomic E-state index is 12.5. The van der Waals surface area contributed by atoms with E-state index >= 15 is 0 Å². The number of carbonyl (C=O) groups is 1. The molecule has 0 unspecified atom stereocenters. The van der Waals surface area contributed by atoms with Crippen LogP contribution in [0, 0.1) is 32.1 Å². The van der Waals surface area contributed by atoms with E-state index < -0.39 is 0 Å². The fourth-order valence-corrected chi connectivity index (χ4v) is 5.13. The van der Waals surface area contributed by atoms with Gasteiger partial charge in [0.05, 0.1) is 11.3 Å². The number of thioether (sulfide) groups is 1. The van der Waals surface area contributed by atoms with Crippen LogP contribution in [0.3, 0.4) is 0 Å². The highest BCUT2D eigenvalue weighted by molar-refractivity contribution is 8.01.